The van der Waals surface area contributed by atoms with E-state index in [-0.39, 0.29) is 40.9 Å². The van der Waals surface area contributed by atoms with Crippen LogP contribution in [0.4, 0.5) is 0 Å². The smallest absolute Gasteiger partial charge is 0.312 e. The van der Waals surface area contributed by atoms with Crippen LogP contribution in [0.5, 0.6) is 28.7 Å². The first-order chi connectivity index (χ1) is 20.7. The lowest BCUT2D eigenvalue weighted by Gasteiger charge is -2.27. The first kappa shape index (κ1) is 28.1. The van der Waals surface area contributed by atoms with E-state index < -0.39 is 11.9 Å². The minimum atomic E-state index is -0.703. The zero-order chi connectivity index (χ0) is 30.4. The van der Waals surface area contributed by atoms with E-state index >= 15 is 0 Å². The number of ether oxygens (including phenoxy) is 5. The summed E-state index contributed by atoms with van der Waals surface area (Å²) < 4.78 is 30.0. The number of nitrogens with zero attached hydrogens (tertiary/aromatic N) is 1. The second kappa shape index (κ2) is 11.0. The summed E-state index contributed by atoms with van der Waals surface area (Å²) in [5.74, 6) is 0.894. The largest absolute Gasteiger partial charge is 0.497 e. The van der Waals surface area contributed by atoms with Crippen molar-refractivity contribution in [1.82, 2.24) is 4.57 Å². The molecule has 0 aliphatic carbocycles. The highest BCUT2D eigenvalue weighted by atomic mass is 16.5. The normalized spacial score (nSPS) is 16.6. The Morgan fingerprint density at radius 2 is 1.77 bits per heavy atom. The molecular weight excluding hydrogens is 550 g/mol. The standard InChI is InChI=1S/C34H31NO8/c1-18(2)17-35-25-11-9-21(39-3)13-20(25)14-24(34(35)38)23-16-29(36)42-26-12-10-22-31(37)28(43-33(22)30(23)26)15-19-7-6-8-27(40-4)32(19)41-5/h6-15,18,23H,16-17H2,1-5H3/b28-15-. The number of aromatic nitrogens is 1. The average molecular weight is 582 g/mol. The number of carbonyl (C=O) groups is 2. The molecule has 9 nitrogen and oxygen atoms in total. The highest BCUT2D eigenvalue weighted by Crippen LogP contribution is 2.49. The molecule has 0 saturated heterocycles. The van der Waals surface area contributed by atoms with E-state index in [0.717, 1.165) is 10.9 Å². The van der Waals surface area contributed by atoms with Gasteiger partial charge in [0.05, 0.1) is 38.8 Å². The van der Waals surface area contributed by atoms with Crippen LogP contribution in [0, 0.1) is 5.92 Å². The van der Waals surface area contributed by atoms with Crippen molar-refractivity contribution in [1.29, 1.82) is 0 Å². The van der Waals surface area contributed by atoms with Crippen molar-refractivity contribution in [2.24, 2.45) is 5.92 Å². The number of benzene rings is 3. The van der Waals surface area contributed by atoms with Crippen molar-refractivity contribution in [3.05, 3.63) is 93.0 Å². The van der Waals surface area contributed by atoms with Gasteiger partial charge in [0.1, 0.15) is 17.2 Å². The molecule has 0 saturated carbocycles. The fraction of sp³-hybridized carbons (Fsp3) is 0.265. The first-order valence-corrected chi connectivity index (χ1v) is 14.0. The number of fused-ring (bicyclic) bond motifs is 4. The van der Waals surface area contributed by atoms with Gasteiger partial charge in [0.25, 0.3) is 5.56 Å². The monoisotopic (exact) mass is 581 g/mol. The van der Waals surface area contributed by atoms with Gasteiger partial charge in [0.2, 0.25) is 5.78 Å². The molecule has 0 radical (unpaired) electrons. The van der Waals surface area contributed by atoms with Gasteiger partial charge >= 0.3 is 5.97 Å². The van der Waals surface area contributed by atoms with Crippen molar-refractivity contribution in [3.63, 3.8) is 0 Å². The molecular formula is C34H31NO8. The SMILES string of the molecule is COc1ccc2c(c1)cc(C1CC(=O)Oc3ccc4c(c31)O/C(=C\c1cccc(OC)c1OC)C4=O)c(=O)n2CC(C)C. The van der Waals surface area contributed by atoms with E-state index in [1.165, 1.54) is 14.2 Å². The van der Waals surface area contributed by atoms with Crippen molar-refractivity contribution < 1.29 is 33.3 Å². The number of allylic oxidation sites excluding steroid dienone is 1. The number of carbonyl (C=O) groups excluding carboxylic acids is 2. The maximum absolute atomic E-state index is 14.1. The topological polar surface area (TPSA) is 102 Å². The molecule has 0 bridgehead atoms. The van der Waals surface area contributed by atoms with Crippen LogP contribution >= 0.6 is 0 Å². The first-order valence-electron chi connectivity index (χ1n) is 14.0. The summed E-state index contributed by atoms with van der Waals surface area (Å²) in [4.78, 5) is 40.6. The molecule has 2 aliphatic heterocycles. The lowest BCUT2D eigenvalue weighted by molar-refractivity contribution is -0.135. The van der Waals surface area contributed by atoms with Crippen molar-refractivity contribution in [3.8, 4) is 28.7 Å². The van der Waals surface area contributed by atoms with Crippen LogP contribution < -0.4 is 29.2 Å². The zero-order valence-corrected chi connectivity index (χ0v) is 24.6. The Hall–Kier alpha value is -5.05. The molecule has 1 unspecified atom stereocenters. The summed E-state index contributed by atoms with van der Waals surface area (Å²) in [5.41, 5.74) is 2.37. The van der Waals surface area contributed by atoms with E-state index in [2.05, 4.69) is 0 Å². The van der Waals surface area contributed by atoms with E-state index in [9.17, 15) is 14.4 Å². The summed E-state index contributed by atoms with van der Waals surface area (Å²) in [6.45, 7) is 4.56. The Morgan fingerprint density at radius 1 is 0.953 bits per heavy atom. The van der Waals surface area contributed by atoms with Crippen LogP contribution in [0.25, 0.3) is 17.0 Å². The van der Waals surface area contributed by atoms with E-state index in [1.54, 1.807) is 54.2 Å². The predicted molar refractivity (Wildman–Crippen MR) is 161 cm³/mol. The second-order valence-corrected chi connectivity index (χ2v) is 10.9. The van der Waals surface area contributed by atoms with E-state index in [0.29, 0.717) is 46.0 Å². The number of rotatable bonds is 7. The molecule has 0 amide bonds. The highest BCUT2D eigenvalue weighted by Gasteiger charge is 2.40. The number of esters is 1. The molecule has 6 rings (SSSR count). The van der Waals surface area contributed by atoms with Crippen LogP contribution in [-0.2, 0) is 11.3 Å². The fourth-order valence-corrected chi connectivity index (χ4v) is 5.85. The Balaban J connectivity index is 1.53. The zero-order valence-electron chi connectivity index (χ0n) is 24.6. The molecule has 0 fully saturated rings. The molecule has 2 aliphatic rings. The molecule has 9 heteroatoms. The third-order valence-corrected chi connectivity index (χ3v) is 7.75. The molecule has 3 heterocycles. The number of hydrogen-bond acceptors (Lipinski definition) is 8. The number of pyridine rings is 1. The molecule has 0 spiro atoms. The van der Waals surface area contributed by atoms with Crippen LogP contribution in [0.15, 0.2) is 65.2 Å². The molecule has 3 aromatic carbocycles. The second-order valence-electron chi connectivity index (χ2n) is 10.9. The number of para-hydroxylation sites is 1. The third-order valence-electron chi connectivity index (χ3n) is 7.75. The lowest BCUT2D eigenvalue weighted by atomic mass is 9.84. The van der Waals surface area contributed by atoms with Crippen LogP contribution in [0.2, 0.25) is 0 Å². The van der Waals surface area contributed by atoms with Crippen LogP contribution in [0.3, 0.4) is 0 Å². The Labute approximate surface area is 248 Å². The Morgan fingerprint density at radius 3 is 2.49 bits per heavy atom. The van der Waals surface area contributed by atoms with Gasteiger partial charge in [0.15, 0.2) is 17.3 Å². The number of ketones is 1. The van der Waals surface area contributed by atoms with Gasteiger partial charge in [-0.1, -0.05) is 26.0 Å². The quantitative estimate of drug-likeness (QED) is 0.155. The summed E-state index contributed by atoms with van der Waals surface area (Å²) in [6.07, 6.45) is 1.51. The van der Waals surface area contributed by atoms with Gasteiger partial charge in [-0.15, -0.1) is 0 Å². The highest BCUT2D eigenvalue weighted by molar-refractivity contribution is 6.15. The van der Waals surface area contributed by atoms with Crippen LogP contribution in [-0.4, -0.2) is 37.6 Å². The van der Waals surface area contributed by atoms with Gasteiger partial charge < -0.3 is 28.3 Å². The maximum atomic E-state index is 14.1. The van der Waals surface area contributed by atoms with Gasteiger partial charge in [-0.3, -0.25) is 14.4 Å². The average Bonchev–Trinajstić information content (AvgIpc) is 3.31. The fourth-order valence-electron chi connectivity index (χ4n) is 5.85. The predicted octanol–water partition coefficient (Wildman–Crippen LogP) is 5.74. The van der Waals surface area contributed by atoms with Gasteiger partial charge in [-0.2, -0.15) is 0 Å². The summed E-state index contributed by atoms with van der Waals surface area (Å²) in [7, 11) is 4.64. The van der Waals surface area contributed by atoms with Gasteiger partial charge in [0, 0.05) is 34.5 Å². The molecule has 43 heavy (non-hydrogen) atoms. The van der Waals surface area contributed by atoms with Crippen molar-refractivity contribution in [2.75, 3.05) is 21.3 Å². The van der Waals surface area contributed by atoms with Crippen molar-refractivity contribution >= 4 is 28.7 Å². The summed E-state index contributed by atoms with van der Waals surface area (Å²) in [5, 5.41) is 0.797. The molecule has 1 aromatic heterocycles. The van der Waals surface area contributed by atoms with E-state index in [4.69, 9.17) is 23.7 Å². The van der Waals surface area contributed by atoms with E-state index in [1.807, 2.05) is 32.0 Å². The number of Topliss-reactive ketones (excluding diaryl/α,β-unsaturated/α-hetero) is 1. The molecule has 220 valence electrons. The minimum absolute atomic E-state index is 0.0751. The summed E-state index contributed by atoms with van der Waals surface area (Å²) in [6, 6.07) is 15.9. The minimum Gasteiger partial charge on any atom is -0.497 e. The Bertz CT molecular complexity index is 1880. The van der Waals surface area contributed by atoms with Crippen LogP contribution in [0.1, 0.15) is 53.2 Å². The van der Waals surface area contributed by atoms with Crippen molar-refractivity contribution in [2.45, 2.75) is 32.7 Å². The lowest BCUT2D eigenvalue weighted by Crippen LogP contribution is -2.31. The molecule has 1 atom stereocenters. The summed E-state index contributed by atoms with van der Waals surface area (Å²) >= 11 is 0. The van der Waals surface area contributed by atoms with Gasteiger partial charge in [-0.25, -0.2) is 0 Å². The molecule has 4 aromatic rings. The Kier molecular flexibility index (Phi) is 7.17. The number of methoxy groups -OCH3 is 3. The maximum Gasteiger partial charge on any atom is 0.312 e. The van der Waals surface area contributed by atoms with Gasteiger partial charge in [-0.05, 0) is 54.5 Å². The molecule has 0 N–H and O–H groups in total. The number of hydrogen-bond donors (Lipinski definition) is 0. The third kappa shape index (κ3) is 4.80.